The predicted octanol–water partition coefficient (Wildman–Crippen LogP) is 4.09. The van der Waals surface area contributed by atoms with Crippen LogP contribution in [0.15, 0.2) is 60.7 Å². The Hall–Kier alpha value is -1.69. The van der Waals surface area contributed by atoms with Crippen molar-refractivity contribution in [3.8, 4) is 0 Å². The Kier molecular flexibility index (Phi) is 5.71. The van der Waals surface area contributed by atoms with Crippen molar-refractivity contribution in [2.75, 3.05) is 10.6 Å². The van der Waals surface area contributed by atoms with Gasteiger partial charge in [0.1, 0.15) is 0 Å². The minimum Gasteiger partial charge on any atom is -0.323 e. The number of carbonyl (C=O) groups excluding carboxylic acids is 2. The lowest BCUT2D eigenvalue weighted by atomic mass is 10.2. The fraction of sp³-hybridized carbons (Fsp3) is 0.0667. The first-order chi connectivity index (χ1) is 10.6. The Bertz CT molecular complexity index is 600. The smallest absolute Gasteiger partial charge is 0.266 e. The number of hydrogen-bond donors (Lipinski definition) is 2. The van der Waals surface area contributed by atoms with E-state index < -0.39 is 16.0 Å². The minimum absolute atomic E-state index is 0.441. The van der Waals surface area contributed by atoms with Gasteiger partial charge in [-0.2, -0.15) is 0 Å². The van der Waals surface area contributed by atoms with Crippen LogP contribution in [0.1, 0.15) is 0 Å². The molecule has 0 aromatic heterocycles. The molecule has 2 aromatic carbocycles. The average Bonchev–Trinajstić information content (AvgIpc) is 2.55. The van der Waals surface area contributed by atoms with E-state index in [0.29, 0.717) is 22.4 Å². The molecule has 2 rings (SSSR count). The summed E-state index contributed by atoms with van der Waals surface area (Å²) in [6, 6.07) is 17.4. The molecule has 7 heteroatoms. The van der Waals surface area contributed by atoms with Crippen molar-refractivity contribution in [1.82, 2.24) is 0 Å². The Morgan fingerprint density at radius 1 is 0.818 bits per heavy atom. The van der Waals surface area contributed by atoms with Gasteiger partial charge in [0.15, 0.2) is 0 Å². The molecule has 0 heterocycles. The van der Waals surface area contributed by atoms with Crippen molar-refractivity contribution in [2.24, 2.45) is 0 Å². The number of nitrogens with one attached hydrogen (secondary N) is 2. The Morgan fingerprint density at radius 3 is 1.50 bits per heavy atom. The van der Waals surface area contributed by atoms with Gasteiger partial charge in [-0.1, -0.05) is 48.0 Å². The van der Waals surface area contributed by atoms with Crippen molar-refractivity contribution in [3.05, 3.63) is 60.7 Å². The molecule has 114 valence electrons. The minimum atomic E-state index is -1.98. The van der Waals surface area contributed by atoms with Crippen LogP contribution in [0, 0.1) is 0 Å². The number of alkyl halides is 1. The van der Waals surface area contributed by atoms with E-state index in [1.54, 1.807) is 48.5 Å². The van der Waals surface area contributed by atoms with Crippen molar-refractivity contribution >= 4 is 56.4 Å². The molecule has 0 spiro atoms. The van der Waals surface area contributed by atoms with Gasteiger partial charge in [-0.25, -0.2) is 0 Å². The highest BCUT2D eigenvalue weighted by Gasteiger charge is 2.45. The van der Waals surface area contributed by atoms with E-state index in [2.05, 4.69) is 10.6 Å². The van der Waals surface area contributed by atoms with Gasteiger partial charge in [0.05, 0.1) is 0 Å². The fourth-order valence-corrected chi connectivity index (χ4v) is 2.40. The highest BCUT2D eigenvalue weighted by Crippen LogP contribution is 2.36. The topological polar surface area (TPSA) is 58.2 Å². The van der Waals surface area contributed by atoms with E-state index >= 15 is 0 Å². The zero-order valence-electron chi connectivity index (χ0n) is 11.3. The van der Waals surface area contributed by atoms with Gasteiger partial charge < -0.3 is 10.6 Å². The van der Waals surface area contributed by atoms with Crippen LogP contribution < -0.4 is 10.6 Å². The molecule has 2 N–H and O–H groups in total. The number of hydrogen-bond acceptors (Lipinski definition) is 3. The van der Waals surface area contributed by atoms with Crippen LogP contribution in [0.4, 0.5) is 11.4 Å². The van der Waals surface area contributed by atoms with E-state index in [1.165, 1.54) is 0 Å². The SMILES string of the molecule is O=C(Nc1ccccc1)C(Cl)(SCl)C(=O)Nc1ccccc1. The number of carbonyl (C=O) groups is 2. The van der Waals surface area contributed by atoms with Gasteiger partial charge in [0, 0.05) is 11.4 Å². The van der Waals surface area contributed by atoms with Gasteiger partial charge in [0.2, 0.25) is 0 Å². The average molecular weight is 355 g/mol. The quantitative estimate of drug-likeness (QED) is 0.628. The number of anilines is 2. The lowest BCUT2D eigenvalue weighted by Crippen LogP contribution is -2.44. The molecule has 0 aliphatic heterocycles. The number of benzene rings is 2. The monoisotopic (exact) mass is 354 g/mol. The Balaban J connectivity index is 2.13. The van der Waals surface area contributed by atoms with Gasteiger partial charge >= 0.3 is 0 Å². The molecule has 0 atom stereocenters. The maximum atomic E-state index is 12.3. The summed E-state index contributed by atoms with van der Waals surface area (Å²) in [5.74, 6) is -1.43. The third-order valence-corrected chi connectivity index (χ3v) is 4.84. The lowest BCUT2D eigenvalue weighted by molar-refractivity contribution is -0.124. The van der Waals surface area contributed by atoms with Gasteiger partial charge in [-0.3, -0.25) is 9.59 Å². The Labute approximate surface area is 141 Å². The summed E-state index contributed by atoms with van der Waals surface area (Å²) in [4.78, 5) is 24.6. The van der Waals surface area contributed by atoms with Crippen LogP contribution in [-0.2, 0) is 9.59 Å². The maximum absolute atomic E-state index is 12.3. The number of amides is 2. The third kappa shape index (κ3) is 3.94. The molecule has 0 radical (unpaired) electrons. The molecule has 22 heavy (non-hydrogen) atoms. The summed E-state index contributed by atoms with van der Waals surface area (Å²) >= 11 is 6.13. The summed E-state index contributed by atoms with van der Waals surface area (Å²) in [6.45, 7) is 0. The second kappa shape index (κ2) is 7.54. The summed E-state index contributed by atoms with van der Waals surface area (Å²) < 4.78 is -1.98. The molecule has 2 aromatic rings. The van der Waals surface area contributed by atoms with Crippen molar-refractivity contribution in [1.29, 1.82) is 0 Å². The first kappa shape index (κ1) is 16.7. The van der Waals surface area contributed by atoms with Crippen molar-refractivity contribution < 1.29 is 9.59 Å². The van der Waals surface area contributed by atoms with Gasteiger partial charge in [-0.15, -0.1) is 0 Å². The summed E-state index contributed by atoms with van der Waals surface area (Å²) in [6.07, 6.45) is 0. The van der Waals surface area contributed by atoms with Gasteiger partial charge in [-0.05, 0) is 45.9 Å². The zero-order valence-corrected chi connectivity index (χ0v) is 13.6. The second-order valence-electron chi connectivity index (χ2n) is 4.31. The number of para-hydroxylation sites is 2. The molecule has 0 aliphatic carbocycles. The second-order valence-corrected chi connectivity index (χ2v) is 6.33. The molecule has 4 nitrogen and oxygen atoms in total. The van der Waals surface area contributed by atoms with E-state index in [4.69, 9.17) is 22.3 Å². The van der Waals surface area contributed by atoms with Crippen LogP contribution in [0.3, 0.4) is 0 Å². The molecule has 0 fully saturated rings. The van der Waals surface area contributed by atoms with Crippen LogP contribution in [0.5, 0.6) is 0 Å². The summed E-state index contributed by atoms with van der Waals surface area (Å²) in [7, 11) is 6.13. The molecular formula is C15H12Cl2N2O2S. The molecular weight excluding hydrogens is 343 g/mol. The standard InChI is InChI=1S/C15H12Cl2N2O2S/c16-15(22-17,13(20)18-11-7-3-1-4-8-11)14(21)19-12-9-5-2-6-10-12/h1-10H,(H,18,20)(H,19,21). The van der Waals surface area contributed by atoms with E-state index in [9.17, 15) is 9.59 Å². The largest absolute Gasteiger partial charge is 0.323 e. The number of halogens is 2. The van der Waals surface area contributed by atoms with Crippen LogP contribution >= 0.6 is 33.3 Å². The maximum Gasteiger partial charge on any atom is 0.266 e. The Morgan fingerprint density at radius 2 is 1.18 bits per heavy atom. The van der Waals surface area contributed by atoms with Crippen LogP contribution in [0.25, 0.3) is 0 Å². The lowest BCUT2D eigenvalue weighted by Gasteiger charge is -2.21. The molecule has 0 aliphatic rings. The first-order valence-corrected chi connectivity index (χ1v) is 8.30. The zero-order chi connectivity index (χ0) is 16.0. The predicted molar refractivity (Wildman–Crippen MR) is 92.2 cm³/mol. The highest BCUT2D eigenvalue weighted by molar-refractivity contribution is 8.24. The molecule has 0 bridgehead atoms. The summed E-state index contributed by atoms with van der Waals surface area (Å²) in [5.41, 5.74) is 1.05. The number of rotatable bonds is 5. The van der Waals surface area contributed by atoms with Crippen molar-refractivity contribution in [3.63, 3.8) is 0 Å². The van der Waals surface area contributed by atoms with Gasteiger partial charge in [0.25, 0.3) is 16.0 Å². The highest BCUT2D eigenvalue weighted by atomic mass is 35.7. The van der Waals surface area contributed by atoms with E-state index in [0.717, 1.165) is 0 Å². The van der Waals surface area contributed by atoms with Crippen LogP contribution in [-0.4, -0.2) is 16.0 Å². The first-order valence-electron chi connectivity index (χ1n) is 6.28. The van der Waals surface area contributed by atoms with Crippen molar-refractivity contribution in [2.45, 2.75) is 4.21 Å². The normalized spacial score (nSPS) is 10.8. The molecule has 0 saturated heterocycles. The fourth-order valence-electron chi connectivity index (χ4n) is 1.64. The molecule has 0 saturated carbocycles. The summed E-state index contributed by atoms with van der Waals surface area (Å²) in [5, 5.41) is 5.13. The molecule has 0 unspecified atom stereocenters. The van der Waals surface area contributed by atoms with Crippen LogP contribution in [0.2, 0.25) is 0 Å². The van der Waals surface area contributed by atoms with E-state index in [-0.39, 0.29) is 0 Å². The third-order valence-electron chi connectivity index (χ3n) is 2.75. The van der Waals surface area contributed by atoms with E-state index in [1.807, 2.05) is 12.1 Å². The molecule has 2 amide bonds.